The van der Waals surface area contributed by atoms with Gasteiger partial charge >= 0.3 is 12.0 Å². The average Bonchev–Trinajstić information content (AvgIpc) is 2.78. The Hall–Kier alpha value is -1.35. The van der Waals surface area contributed by atoms with Crippen LogP contribution in [0.15, 0.2) is 0 Å². The summed E-state index contributed by atoms with van der Waals surface area (Å²) in [5.41, 5.74) is 0. The van der Waals surface area contributed by atoms with Gasteiger partial charge in [-0.05, 0) is 23.8 Å². The summed E-state index contributed by atoms with van der Waals surface area (Å²) in [7, 11) is 0. The van der Waals surface area contributed by atoms with E-state index in [1.54, 1.807) is 0 Å². The number of carboxylic acids is 1. The number of amides is 2. The highest BCUT2D eigenvalue weighted by atomic mass is 32.2. The molecule has 0 aromatic rings. The molecule has 1 saturated heterocycles. The van der Waals surface area contributed by atoms with Crippen LogP contribution in [0.1, 0.15) is 12.8 Å². The summed E-state index contributed by atoms with van der Waals surface area (Å²) in [6.07, 6.45) is 6.11. The molecule has 1 aliphatic heterocycles. The standard InChI is InChI=1S/C11H16N2O3S/c1-2-3-9(10(14)15)13-11(16)12-6-8-4-5-17-7-8/h1,8-9H,3-7H2,(H,14,15)(H2,12,13,16). The van der Waals surface area contributed by atoms with Gasteiger partial charge < -0.3 is 15.7 Å². The van der Waals surface area contributed by atoms with E-state index in [0.29, 0.717) is 12.5 Å². The van der Waals surface area contributed by atoms with Crippen molar-refractivity contribution in [3.63, 3.8) is 0 Å². The summed E-state index contributed by atoms with van der Waals surface area (Å²) in [5.74, 6) is 3.77. The molecule has 0 aromatic carbocycles. The molecule has 1 fully saturated rings. The van der Waals surface area contributed by atoms with Gasteiger partial charge in [-0.1, -0.05) is 0 Å². The van der Waals surface area contributed by atoms with Gasteiger partial charge in [0.2, 0.25) is 0 Å². The number of carbonyl (C=O) groups excluding carboxylic acids is 1. The molecule has 6 heteroatoms. The van der Waals surface area contributed by atoms with Crippen LogP contribution in [0.2, 0.25) is 0 Å². The molecule has 0 saturated carbocycles. The highest BCUT2D eigenvalue weighted by Gasteiger charge is 2.20. The average molecular weight is 256 g/mol. The Morgan fingerprint density at radius 1 is 1.59 bits per heavy atom. The van der Waals surface area contributed by atoms with Gasteiger partial charge in [0.1, 0.15) is 6.04 Å². The van der Waals surface area contributed by atoms with E-state index in [1.165, 1.54) is 0 Å². The number of hydrogen-bond donors (Lipinski definition) is 3. The van der Waals surface area contributed by atoms with E-state index >= 15 is 0 Å². The maximum absolute atomic E-state index is 11.4. The van der Waals surface area contributed by atoms with Gasteiger partial charge in [0.05, 0.1) is 0 Å². The number of nitrogens with one attached hydrogen (secondary N) is 2. The van der Waals surface area contributed by atoms with Crippen LogP contribution >= 0.6 is 11.8 Å². The normalized spacial score (nSPS) is 20.3. The highest BCUT2D eigenvalue weighted by Crippen LogP contribution is 2.22. The number of rotatable bonds is 5. The minimum atomic E-state index is -1.12. The second-order valence-corrected chi connectivity index (χ2v) is 5.03. The third kappa shape index (κ3) is 5.00. The Labute approximate surface area is 105 Å². The van der Waals surface area contributed by atoms with E-state index in [9.17, 15) is 9.59 Å². The van der Waals surface area contributed by atoms with E-state index in [1.807, 2.05) is 11.8 Å². The van der Waals surface area contributed by atoms with Crippen LogP contribution in [0.4, 0.5) is 4.79 Å². The monoisotopic (exact) mass is 256 g/mol. The minimum absolute atomic E-state index is 0.0119. The quantitative estimate of drug-likeness (QED) is 0.626. The first-order valence-electron chi connectivity index (χ1n) is 5.42. The fraction of sp³-hybridized carbons (Fsp3) is 0.636. The molecule has 1 heterocycles. The third-order valence-corrected chi connectivity index (χ3v) is 3.73. The van der Waals surface area contributed by atoms with Crippen molar-refractivity contribution < 1.29 is 14.7 Å². The molecule has 2 atom stereocenters. The van der Waals surface area contributed by atoms with Gasteiger partial charge in [-0.15, -0.1) is 12.3 Å². The third-order valence-electron chi connectivity index (χ3n) is 2.50. The summed E-state index contributed by atoms with van der Waals surface area (Å²) in [6, 6.07) is -1.48. The molecule has 5 nitrogen and oxygen atoms in total. The Kier molecular flexibility index (Phi) is 5.70. The molecule has 0 aliphatic carbocycles. The Balaban J connectivity index is 2.26. The van der Waals surface area contributed by atoms with Crippen molar-refractivity contribution in [3.8, 4) is 12.3 Å². The predicted octanol–water partition coefficient (Wildman–Crippen LogP) is 0.515. The number of carbonyl (C=O) groups is 2. The molecule has 2 amide bonds. The topological polar surface area (TPSA) is 78.4 Å². The Morgan fingerprint density at radius 3 is 2.88 bits per heavy atom. The van der Waals surface area contributed by atoms with Crippen LogP contribution in [-0.2, 0) is 4.79 Å². The van der Waals surface area contributed by atoms with E-state index in [2.05, 4.69) is 16.6 Å². The number of aliphatic carboxylic acids is 1. The first kappa shape index (κ1) is 13.7. The number of carboxylic acid groups (broad SMARTS) is 1. The summed E-state index contributed by atoms with van der Waals surface area (Å²) in [4.78, 5) is 22.2. The van der Waals surface area contributed by atoms with Crippen molar-refractivity contribution >= 4 is 23.8 Å². The second-order valence-electron chi connectivity index (χ2n) is 3.88. The van der Waals surface area contributed by atoms with Crippen LogP contribution in [0.25, 0.3) is 0 Å². The molecule has 0 aromatic heterocycles. The zero-order chi connectivity index (χ0) is 12.7. The lowest BCUT2D eigenvalue weighted by molar-refractivity contribution is -0.139. The second kappa shape index (κ2) is 7.07. The SMILES string of the molecule is C#CCC(NC(=O)NCC1CCSC1)C(=O)O. The van der Waals surface area contributed by atoms with Crippen LogP contribution in [0.5, 0.6) is 0 Å². The molecule has 2 unspecified atom stereocenters. The minimum Gasteiger partial charge on any atom is -0.480 e. The summed E-state index contributed by atoms with van der Waals surface area (Å²) in [6.45, 7) is 0.585. The molecule has 0 bridgehead atoms. The van der Waals surface area contributed by atoms with Crippen molar-refractivity contribution in [1.29, 1.82) is 0 Å². The Bertz CT molecular complexity index is 321. The molecular weight excluding hydrogens is 240 g/mol. The molecule has 1 aliphatic rings. The van der Waals surface area contributed by atoms with E-state index in [4.69, 9.17) is 11.5 Å². The van der Waals surface area contributed by atoms with Crippen LogP contribution in [0.3, 0.4) is 0 Å². The van der Waals surface area contributed by atoms with Crippen molar-refractivity contribution in [2.45, 2.75) is 18.9 Å². The van der Waals surface area contributed by atoms with Gasteiger partial charge in [0.15, 0.2) is 0 Å². The molecule has 0 spiro atoms. The number of hydrogen-bond acceptors (Lipinski definition) is 3. The van der Waals surface area contributed by atoms with Crippen molar-refractivity contribution in [2.75, 3.05) is 18.1 Å². The lowest BCUT2D eigenvalue weighted by Crippen LogP contribution is -2.46. The fourth-order valence-corrected chi connectivity index (χ4v) is 2.79. The first-order valence-corrected chi connectivity index (χ1v) is 6.57. The van der Waals surface area contributed by atoms with Crippen LogP contribution < -0.4 is 10.6 Å². The largest absolute Gasteiger partial charge is 0.480 e. The lowest BCUT2D eigenvalue weighted by Gasteiger charge is -2.14. The fourth-order valence-electron chi connectivity index (χ4n) is 1.51. The smallest absolute Gasteiger partial charge is 0.327 e. The summed E-state index contributed by atoms with van der Waals surface area (Å²) < 4.78 is 0. The maximum atomic E-state index is 11.4. The lowest BCUT2D eigenvalue weighted by atomic mass is 10.1. The molecule has 0 radical (unpaired) electrons. The van der Waals surface area contributed by atoms with Crippen molar-refractivity contribution in [1.82, 2.24) is 10.6 Å². The first-order chi connectivity index (χ1) is 8.13. The van der Waals surface area contributed by atoms with Gasteiger partial charge in [0.25, 0.3) is 0 Å². The number of urea groups is 1. The Morgan fingerprint density at radius 2 is 2.35 bits per heavy atom. The number of terminal acetylenes is 1. The van der Waals surface area contributed by atoms with Crippen molar-refractivity contribution in [2.24, 2.45) is 5.92 Å². The zero-order valence-corrected chi connectivity index (χ0v) is 10.3. The molecular formula is C11H16N2O3S. The zero-order valence-electron chi connectivity index (χ0n) is 9.44. The highest BCUT2D eigenvalue weighted by molar-refractivity contribution is 7.99. The van der Waals surface area contributed by atoms with Gasteiger partial charge in [-0.2, -0.15) is 11.8 Å². The summed E-state index contributed by atoms with van der Waals surface area (Å²) >= 11 is 1.87. The predicted molar refractivity (Wildman–Crippen MR) is 66.8 cm³/mol. The van der Waals surface area contributed by atoms with E-state index < -0.39 is 18.0 Å². The van der Waals surface area contributed by atoms with Gasteiger partial charge in [-0.3, -0.25) is 0 Å². The van der Waals surface area contributed by atoms with Crippen molar-refractivity contribution in [3.05, 3.63) is 0 Å². The van der Waals surface area contributed by atoms with E-state index in [-0.39, 0.29) is 6.42 Å². The van der Waals surface area contributed by atoms with E-state index in [0.717, 1.165) is 17.9 Å². The number of thioether (sulfide) groups is 1. The van der Waals surface area contributed by atoms with Crippen LogP contribution in [0, 0.1) is 18.3 Å². The summed E-state index contributed by atoms with van der Waals surface area (Å²) in [5, 5.41) is 13.8. The van der Waals surface area contributed by atoms with Gasteiger partial charge in [-0.25, -0.2) is 9.59 Å². The maximum Gasteiger partial charge on any atom is 0.327 e. The van der Waals surface area contributed by atoms with Crippen LogP contribution in [-0.4, -0.2) is 41.2 Å². The molecule has 17 heavy (non-hydrogen) atoms. The van der Waals surface area contributed by atoms with Gasteiger partial charge in [0, 0.05) is 13.0 Å². The molecule has 1 rings (SSSR count). The molecule has 94 valence electrons. The molecule has 3 N–H and O–H groups in total.